The summed E-state index contributed by atoms with van der Waals surface area (Å²) in [6, 6.07) is 11.2. The molecule has 1 aromatic carbocycles. The number of carbonyl (C=O) groups is 2. The van der Waals surface area contributed by atoms with E-state index >= 15 is 0 Å². The van der Waals surface area contributed by atoms with Crippen molar-refractivity contribution in [2.75, 3.05) is 6.54 Å². The Bertz CT molecular complexity index is 1300. The van der Waals surface area contributed by atoms with Gasteiger partial charge in [-0.15, -0.1) is 0 Å². The number of nitrogens with one attached hydrogen (secondary N) is 1. The lowest BCUT2D eigenvalue weighted by Crippen LogP contribution is -2.37. The van der Waals surface area contributed by atoms with Crippen LogP contribution in [0.3, 0.4) is 0 Å². The molecule has 1 aliphatic heterocycles. The smallest absolute Gasteiger partial charge is 0.256 e. The first-order valence-electron chi connectivity index (χ1n) is 10.8. The first kappa shape index (κ1) is 21.1. The van der Waals surface area contributed by atoms with Crippen molar-refractivity contribution < 1.29 is 9.59 Å². The molecule has 4 aromatic rings. The monoisotopic (exact) mass is 457 g/mol. The van der Waals surface area contributed by atoms with Gasteiger partial charge in [-0.1, -0.05) is 12.1 Å². The highest BCUT2D eigenvalue weighted by Crippen LogP contribution is 2.26. The van der Waals surface area contributed by atoms with Crippen molar-refractivity contribution in [3.63, 3.8) is 0 Å². The van der Waals surface area contributed by atoms with Gasteiger partial charge in [-0.3, -0.25) is 14.6 Å². The SMILES string of the molecule is Cc1ncc2c(c1CNC(=O)c1ccsc1)CCN(C(=O)c1ccccc1-n1cccn1)C2. The zero-order valence-electron chi connectivity index (χ0n) is 18.2. The molecule has 1 aliphatic rings. The van der Waals surface area contributed by atoms with Crippen LogP contribution >= 0.6 is 11.3 Å². The van der Waals surface area contributed by atoms with E-state index in [2.05, 4.69) is 15.4 Å². The average Bonchev–Trinajstić information content (AvgIpc) is 3.57. The number of amides is 2. The molecule has 1 N–H and O–H groups in total. The van der Waals surface area contributed by atoms with Gasteiger partial charge in [0.1, 0.15) is 0 Å². The molecule has 0 fully saturated rings. The first-order chi connectivity index (χ1) is 16.1. The maximum atomic E-state index is 13.4. The third-order valence-corrected chi connectivity index (χ3v) is 6.66. The van der Waals surface area contributed by atoms with E-state index in [9.17, 15) is 9.59 Å². The standard InChI is InChI=1S/C25H23N5O2S/c1-17-22(14-27-24(31)18-8-12-33-16-18)20-7-11-29(15-19(20)13-26-17)25(32)21-5-2-3-6-23(21)30-10-4-9-28-30/h2-6,8-10,12-13,16H,7,11,14-15H2,1H3,(H,27,31). The maximum absolute atomic E-state index is 13.4. The number of nitrogens with zero attached hydrogens (tertiary/aromatic N) is 4. The Morgan fingerprint density at radius 1 is 1.18 bits per heavy atom. The zero-order chi connectivity index (χ0) is 22.8. The van der Waals surface area contributed by atoms with Crippen LogP contribution in [0.15, 0.2) is 65.7 Å². The Morgan fingerprint density at radius 3 is 2.85 bits per heavy atom. The van der Waals surface area contributed by atoms with Gasteiger partial charge in [-0.2, -0.15) is 16.4 Å². The number of benzene rings is 1. The molecule has 7 nitrogen and oxygen atoms in total. The first-order valence-corrected chi connectivity index (χ1v) is 11.7. The molecule has 0 spiro atoms. The number of rotatable bonds is 5. The predicted molar refractivity (Wildman–Crippen MR) is 126 cm³/mol. The van der Waals surface area contributed by atoms with Crippen molar-refractivity contribution in [1.29, 1.82) is 0 Å². The summed E-state index contributed by atoms with van der Waals surface area (Å²) in [6.45, 7) is 3.48. The summed E-state index contributed by atoms with van der Waals surface area (Å²) in [5, 5.41) is 11.0. The fourth-order valence-corrected chi connectivity index (χ4v) is 4.87. The van der Waals surface area contributed by atoms with Crippen LogP contribution in [-0.2, 0) is 19.5 Å². The minimum absolute atomic E-state index is 0.0281. The zero-order valence-corrected chi connectivity index (χ0v) is 19.0. The Hall–Kier alpha value is -3.78. The molecular formula is C25H23N5O2S. The molecule has 0 atom stereocenters. The summed E-state index contributed by atoms with van der Waals surface area (Å²) in [6.07, 6.45) is 6.11. The normalized spacial score (nSPS) is 12.9. The van der Waals surface area contributed by atoms with E-state index in [1.165, 1.54) is 16.9 Å². The summed E-state index contributed by atoms with van der Waals surface area (Å²) < 4.78 is 1.71. The van der Waals surface area contributed by atoms with E-state index in [0.717, 1.165) is 28.9 Å². The van der Waals surface area contributed by atoms with E-state index in [0.29, 0.717) is 30.8 Å². The minimum Gasteiger partial charge on any atom is -0.348 e. The number of fused-ring (bicyclic) bond motifs is 1. The van der Waals surface area contributed by atoms with Crippen molar-refractivity contribution in [3.05, 3.63) is 99.3 Å². The molecular weight excluding hydrogens is 434 g/mol. The van der Waals surface area contributed by atoms with Crippen molar-refractivity contribution >= 4 is 23.2 Å². The van der Waals surface area contributed by atoms with Gasteiger partial charge < -0.3 is 10.2 Å². The van der Waals surface area contributed by atoms with Crippen molar-refractivity contribution in [3.8, 4) is 5.69 Å². The van der Waals surface area contributed by atoms with Gasteiger partial charge in [-0.25, -0.2) is 4.68 Å². The third kappa shape index (κ3) is 4.17. The number of thiophene rings is 1. The van der Waals surface area contributed by atoms with Gasteiger partial charge in [0, 0.05) is 54.9 Å². The molecule has 0 saturated heterocycles. The average molecular weight is 458 g/mol. The number of aryl methyl sites for hydroxylation is 1. The second-order valence-electron chi connectivity index (χ2n) is 7.97. The highest BCUT2D eigenvalue weighted by Gasteiger charge is 2.26. The molecule has 8 heteroatoms. The van der Waals surface area contributed by atoms with Crippen LogP contribution in [0.2, 0.25) is 0 Å². The second kappa shape index (κ2) is 8.99. The van der Waals surface area contributed by atoms with Gasteiger partial charge >= 0.3 is 0 Å². The molecule has 3 aromatic heterocycles. The fourth-order valence-electron chi connectivity index (χ4n) is 4.23. The number of aromatic nitrogens is 3. The lowest BCUT2D eigenvalue weighted by molar-refractivity contribution is 0.0734. The van der Waals surface area contributed by atoms with Gasteiger partial charge in [-0.05, 0) is 59.7 Å². The highest BCUT2D eigenvalue weighted by molar-refractivity contribution is 7.08. The van der Waals surface area contributed by atoms with Crippen LogP contribution in [0.25, 0.3) is 5.69 Å². The Labute approximate surface area is 195 Å². The van der Waals surface area contributed by atoms with Crippen LogP contribution in [0.4, 0.5) is 0 Å². The van der Waals surface area contributed by atoms with Gasteiger partial charge in [0.05, 0.1) is 11.3 Å². The van der Waals surface area contributed by atoms with Crippen molar-refractivity contribution in [2.45, 2.75) is 26.4 Å². The molecule has 5 rings (SSSR count). The van der Waals surface area contributed by atoms with Gasteiger partial charge in [0.15, 0.2) is 0 Å². The molecule has 166 valence electrons. The Morgan fingerprint density at radius 2 is 2.06 bits per heavy atom. The quantitative estimate of drug-likeness (QED) is 0.495. The number of pyridine rings is 1. The van der Waals surface area contributed by atoms with Crippen LogP contribution in [-0.4, -0.2) is 38.0 Å². The molecule has 0 unspecified atom stereocenters. The molecule has 0 aliphatic carbocycles. The lowest BCUT2D eigenvalue weighted by Gasteiger charge is -2.31. The van der Waals surface area contributed by atoms with Crippen LogP contribution in [0.1, 0.15) is 43.1 Å². The van der Waals surface area contributed by atoms with Gasteiger partial charge in [0.2, 0.25) is 0 Å². The topological polar surface area (TPSA) is 80.1 Å². The number of hydrogen-bond donors (Lipinski definition) is 1. The Kier molecular flexibility index (Phi) is 5.75. The van der Waals surface area contributed by atoms with Crippen LogP contribution in [0, 0.1) is 6.92 Å². The van der Waals surface area contributed by atoms with E-state index < -0.39 is 0 Å². The molecule has 33 heavy (non-hydrogen) atoms. The van der Waals surface area contributed by atoms with Crippen LogP contribution in [0.5, 0.6) is 0 Å². The third-order valence-electron chi connectivity index (χ3n) is 5.98. The highest BCUT2D eigenvalue weighted by atomic mass is 32.1. The summed E-state index contributed by atoms with van der Waals surface area (Å²) in [7, 11) is 0. The van der Waals surface area contributed by atoms with Gasteiger partial charge in [0.25, 0.3) is 11.8 Å². The van der Waals surface area contributed by atoms with E-state index in [1.54, 1.807) is 10.9 Å². The number of hydrogen-bond acceptors (Lipinski definition) is 5. The molecule has 0 saturated carbocycles. The summed E-state index contributed by atoms with van der Waals surface area (Å²) >= 11 is 1.50. The minimum atomic E-state index is -0.0869. The maximum Gasteiger partial charge on any atom is 0.256 e. The molecule has 4 heterocycles. The summed E-state index contributed by atoms with van der Waals surface area (Å²) in [4.78, 5) is 32.2. The molecule has 0 radical (unpaired) electrons. The second-order valence-corrected chi connectivity index (χ2v) is 8.75. The predicted octanol–water partition coefficient (Wildman–Crippen LogP) is 3.77. The Balaban J connectivity index is 1.36. The van der Waals surface area contributed by atoms with Crippen molar-refractivity contribution in [2.24, 2.45) is 0 Å². The molecule has 0 bridgehead atoms. The van der Waals surface area contributed by atoms with Crippen LogP contribution < -0.4 is 5.32 Å². The molecule has 2 amide bonds. The lowest BCUT2D eigenvalue weighted by atomic mass is 9.94. The fraction of sp³-hybridized carbons (Fsp3) is 0.200. The van der Waals surface area contributed by atoms with E-state index in [-0.39, 0.29) is 11.8 Å². The summed E-state index contributed by atoms with van der Waals surface area (Å²) in [5.74, 6) is -0.115. The summed E-state index contributed by atoms with van der Waals surface area (Å²) in [5.41, 5.74) is 6.20. The largest absolute Gasteiger partial charge is 0.348 e. The van der Waals surface area contributed by atoms with E-state index in [1.807, 2.05) is 71.4 Å². The number of para-hydroxylation sites is 1. The van der Waals surface area contributed by atoms with E-state index in [4.69, 9.17) is 0 Å². The van der Waals surface area contributed by atoms with Crippen molar-refractivity contribution in [1.82, 2.24) is 25.0 Å². The number of carbonyl (C=O) groups excluding carboxylic acids is 2.